The van der Waals surface area contributed by atoms with Crippen LogP contribution in [0.2, 0.25) is 0 Å². The number of benzene rings is 2. The standard InChI is InChI=1S/C24H32FN3O6S/c1-6-13-26-24(30)17(2)27(15-18-9-7-8-10-20(18)25)23(29)16-28(35(5,31)32)19-11-12-21(33-3)22(14-19)34-4/h7-12,14,17H,6,13,15-16H2,1-5H3,(H,26,30)/t17-/m0/s1. The summed E-state index contributed by atoms with van der Waals surface area (Å²) in [6.07, 6.45) is 1.66. The fourth-order valence-electron chi connectivity index (χ4n) is 3.38. The zero-order valence-corrected chi connectivity index (χ0v) is 21.4. The quantitative estimate of drug-likeness (QED) is 0.472. The summed E-state index contributed by atoms with van der Waals surface area (Å²) in [6.45, 7) is 3.00. The van der Waals surface area contributed by atoms with Crippen LogP contribution in [0.5, 0.6) is 11.5 Å². The number of rotatable bonds is 12. The molecule has 2 rings (SSSR count). The van der Waals surface area contributed by atoms with Gasteiger partial charge in [-0.2, -0.15) is 0 Å². The third-order valence-electron chi connectivity index (χ3n) is 5.35. The number of hydrogen-bond donors (Lipinski definition) is 1. The Bertz CT molecular complexity index is 1140. The lowest BCUT2D eigenvalue weighted by molar-refractivity contribution is -0.139. The number of carbonyl (C=O) groups excluding carboxylic acids is 2. The fraction of sp³-hybridized carbons (Fsp3) is 0.417. The largest absolute Gasteiger partial charge is 0.493 e. The number of nitrogens with one attached hydrogen (secondary N) is 1. The van der Waals surface area contributed by atoms with Crippen molar-refractivity contribution in [2.75, 3.05) is 37.9 Å². The SMILES string of the molecule is CCCNC(=O)[C@H](C)N(Cc1ccccc1F)C(=O)CN(c1ccc(OC)c(OC)c1)S(C)(=O)=O. The molecular formula is C24H32FN3O6S. The van der Waals surface area contributed by atoms with Gasteiger partial charge in [0.05, 0.1) is 26.2 Å². The van der Waals surface area contributed by atoms with E-state index in [0.29, 0.717) is 18.7 Å². The number of sulfonamides is 1. The lowest BCUT2D eigenvalue weighted by Crippen LogP contribution is -2.51. The van der Waals surface area contributed by atoms with Crippen LogP contribution < -0.4 is 19.1 Å². The Labute approximate surface area is 205 Å². The summed E-state index contributed by atoms with van der Waals surface area (Å²) in [7, 11) is -1.06. The maximum absolute atomic E-state index is 14.4. The van der Waals surface area contributed by atoms with Gasteiger partial charge in [-0.15, -0.1) is 0 Å². The number of hydrogen-bond acceptors (Lipinski definition) is 6. The molecule has 192 valence electrons. The van der Waals surface area contributed by atoms with Gasteiger partial charge in [0.15, 0.2) is 11.5 Å². The zero-order chi connectivity index (χ0) is 26.2. The maximum atomic E-state index is 14.4. The first kappa shape index (κ1) is 27.9. The first-order valence-corrected chi connectivity index (χ1v) is 12.9. The van der Waals surface area contributed by atoms with E-state index in [-0.39, 0.29) is 23.5 Å². The van der Waals surface area contributed by atoms with E-state index >= 15 is 0 Å². The van der Waals surface area contributed by atoms with Crippen LogP contribution in [-0.4, -0.2) is 64.7 Å². The minimum atomic E-state index is -3.92. The number of nitrogens with zero attached hydrogens (tertiary/aromatic N) is 2. The van der Waals surface area contributed by atoms with Crippen LogP contribution in [0.15, 0.2) is 42.5 Å². The van der Waals surface area contributed by atoms with Crippen LogP contribution in [0.4, 0.5) is 10.1 Å². The average molecular weight is 510 g/mol. The second kappa shape index (κ2) is 12.4. The number of ether oxygens (including phenoxy) is 2. The van der Waals surface area contributed by atoms with Crippen molar-refractivity contribution in [1.82, 2.24) is 10.2 Å². The van der Waals surface area contributed by atoms with Crippen LogP contribution in [0.25, 0.3) is 0 Å². The zero-order valence-electron chi connectivity index (χ0n) is 20.6. The molecule has 0 saturated heterocycles. The minimum Gasteiger partial charge on any atom is -0.493 e. The minimum absolute atomic E-state index is 0.174. The van der Waals surface area contributed by atoms with Crippen LogP contribution in [-0.2, 0) is 26.2 Å². The first-order valence-electron chi connectivity index (χ1n) is 11.0. The smallest absolute Gasteiger partial charge is 0.244 e. The van der Waals surface area contributed by atoms with Gasteiger partial charge in [0.1, 0.15) is 18.4 Å². The van der Waals surface area contributed by atoms with Crippen molar-refractivity contribution in [2.45, 2.75) is 32.9 Å². The van der Waals surface area contributed by atoms with Crippen molar-refractivity contribution in [3.8, 4) is 11.5 Å². The molecule has 35 heavy (non-hydrogen) atoms. The van der Waals surface area contributed by atoms with Gasteiger partial charge in [0, 0.05) is 24.7 Å². The molecular weight excluding hydrogens is 477 g/mol. The molecule has 0 bridgehead atoms. The predicted octanol–water partition coefficient (Wildman–Crippen LogP) is 2.55. The highest BCUT2D eigenvalue weighted by Crippen LogP contribution is 2.32. The van der Waals surface area contributed by atoms with Crippen molar-refractivity contribution in [1.29, 1.82) is 0 Å². The summed E-state index contributed by atoms with van der Waals surface area (Å²) < 4.78 is 51.0. The Hall–Kier alpha value is -3.34. The van der Waals surface area contributed by atoms with Crippen molar-refractivity contribution in [2.24, 2.45) is 0 Å². The number of carbonyl (C=O) groups is 2. The average Bonchev–Trinajstić information content (AvgIpc) is 2.83. The van der Waals surface area contributed by atoms with Crippen LogP contribution in [0.3, 0.4) is 0 Å². The summed E-state index contributed by atoms with van der Waals surface area (Å²) in [5, 5.41) is 2.72. The Balaban J connectivity index is 2.43. The van der Waals surface area contributed by atoms with Crippen LogP contribution in [0.1, 0.15) is 25.8 Å². The molecule has 1 atom stereocenters. The molecule has 11 heteroatoms. The van der Waals surface area contributed by atoms with Crippen LogP contribution >= 0.6 is 0 Å². The Kier molecular flexibility index (Phi) is 9.88. The molecule has 9 nitrogen and oxygen atoms in total. The molecule has 0 aromatic heterocycles. The number of halogens is 1. The number of methoxy groups -OCH3 is 2. The molecule has 0 heterocycles. The Morgan fingerprint density at radius 2 is 1.74 bits per heavy atom. The van der Waals surface area contributed by atoms with E-state index in [4.69, 9.17) is 9.47 Å². The highest BCUT2D eigenvalue weighted by atomic mass is 32.2. The third kappa shape index (κ3) is 7.32. The van der Waals surface area contributed by atoms with E-state index in [1.807, 2.05) is 6.92 Å². The highest BCUT2D eigenvalue weighted by molar-refractivity contribution is 7.92. The maximum Gasteiger partial charge on any atom is 0.244 e. The van der Waals surface area contributed by atoms with E-state index in [9.17, 15) is 22.4 Å². The van der Waals surface area contributed by atoms with Gasteiger partial charge < -0.3 is 19.7 Å². The van der Waals surface area contributed by atoms with Crippen LogP contribution in [0, 0.1) is 5.82 Å². The molecule has 0 spiro atoms. The van der Waals surface area contributed by atoms with Crippen molar-refractivity contribution < 1.29 is 31.9 Å². The van der Waals surface area contributed by atoms with E-state index in [2.05, 4.69) is 5.32 Å². The van der Waals surface area contributed by atoms with E-state index in [1.54, 1.807) is 6.07 Å². The van der Waals surface area contributed by atoms with E-state index in [1.165, 1.54) is 62.4 Å². The van der Waals surface area contributed by atoms with Gasteiger partial charge in [0.2, 0.25) is 21.8 Å². The Morgan fingerprint density at radius 1 is 1.09 bits per heavy atom. The lowest BCUT2D eigenvalue weighted by atomic mass is 10.1. The Morgan fingerprint density at radius 3 is 2.31 bits per heavy atom. The van der Waals surface area contributed by atoms with E-state index in [0.717, 1.165) is 10.6 Å². The van der Waals surface area contributed by atoms with Crippen molar-refractivity contribution >= 4 is 27.5 Å². The van der Waals surface area contributed by atoms with Crippen molar-refractivity contribution in [3.63, 3.8) is 0 Å². The summed E-state index contributed by atoms with van der Waals surface area (Å²) >= 11 is 0. The van der Waals surface area contributed by atoms with Gasteiger partial charge in [-0.1, -0.05) is 25.1 Å². The molecule has 0 unspecified atom stereocenters. The van der Waals surface area contributed by atoms with Gasteiger partial charge in [-0.3, -0.25) is 13.9 Å². The summed E-state index contributed by atoms with van der Waals surface area (Å²) in [5.41, 5.74) is 0.375. The van der Waals surface area contributed by atoms with E-state index < -0.39 is 40.2 Å². The van der Waals surface area contributed by atoms with Gasteiger partial charge in [0.25, 0.3) is 0 Å². The molecule has 0 fully saturated rings. The molecule has 2 aromatic rings. The van der Waals surface area contributed by atoms with Crippen molar-refractivity contribution in [3.05, 3.63) is 53.8 Å². The molecule has 0 aliphatic heterocycles. The predicted molar refractivity (Wildman–Crippen MR) is 131 cm³/mol. The normalized spacial score (nSPS) is 11.9. The van der Waals surface area contributed by atoms with Gasteiger partial charge in [-0.05, 0) is 31.5 Å². The molecule has 0 aliphatic rings. The lowest BCUT2D eigenvalue weighted by Gasteiger charge is -2.31. The molecule has 0 aliphatic carbocycles. The molecule has 2 amide bonds. The fourth-order valence-corrected chi connectivity index (χ4v) is 4.22. The summed E-state index contributed by atoms with van der Waals surface area (Å²) in [4.78, 5) is 27.3. The molecule has 2 aromatic carbocycles. The first-order chi connectivity index (χ1) is 16.5. The molecule has 0 saturated carbocycles. The summed E-state index contributed by atoms with van der Waals surface area (Å²) in [6, 6.07) is 9.37. The second-order valence-electron chi connectivity index (χ2n) is 7.89. The molecule has 0 radical (unpaired) electrons. The highest BCUT2D eigenvalue weighted by Gasteiger charge is 2.30. The number of anilines is 1. The van der Waals surface area contributed by atoms with Gasteiger partial charge in [-0.25, -0.2) is 12.8 Å². The molecule has 1 N–H and O–H groups in total. The topological polar surface area (TPSA) is 105 Å². The summed E-state index contributed by atoms with van der Waals surface area (Å²) in [5.74, 6) is -0.965. The third-order valence-corrected chi connectivity index (χ3v) is 6.49. The van der Waals surface area contributed by atoms with Gasteiger partial charge >= 0.3 is 0 Å². The number of amides is 2. The second-order valence-corrected chi connectivity index (χ2v) is 9.80. The monoisotopic (exact) mass is 509 g/mol.